The molecule has 1 amide bonds. The van der Waals surface area contributed by atoms with Gasteiger partial charge in [0, 0.05) is 10.2 Å². The van der Waals surface area contributed by atoms with E-state index in [1.807, 2.05) is 84.9 Å². The Hall–Kier alpha value is -2.79. The Bertz CT molecular complexity index is 886. The molecule has 0 unspecified atom stereocenters. The van der Waals surface area contributed by atoms with E-state index in [0.29, 0.717) is 0 Å². The first-order valence-electron chi connectivity index (χ1n) is 7.90. The van der Waals surface area contributed by atoms with Crippen molar-refractivity contribution in [1.82, 2.24) is 0 Å². The molecular weight excluding hydrogens is 380 g/mol. The Morgan fingerprint density at radius 2 is 1.44 bits per heavy atom. The van der Waals surface area contributed by atoms with Crippen molar-refractivity contribution in [3.8, 4) is 0 Å². The monoisotopic (exact) mass is 394 g/mol. The molecule has 0 aliphatic carbocycles. The minimum Gasteiger partial charge on any atom is -0.319 e. The third kappa shape index (κ3) is 2.98. The van der Waals surface area contributed by atoms with Gasteiger partial charge in [-0.15, -0.1) is 0 Å². The number of para-hydroxylation sites is 2. The molecule has 4 rings (SSSR count). The van der Waals surface area contributed by atoms with Crippen LogP contribution in [-0.4, -0.2) is 6.09 Å². The van der Waals surface area contributed by atoms with Crippen molar-refractivity contribution in [1.29, 1.82) is 0 Å². The number of carbonyl (C=O) groups excluding carboxylic acids is 1. The van der Waals surface area contributed by atoms with Crippen LogP contribution in [0.5, 0.6) is 0 Å². The smallest absolute Gasteiger partial charge is 0.319 e. The quantitative estimate of drug-likeness (QED) is 0.585. The first-order chi connectivity index (χ1) is 12.2. The van der Waals surface area contributed by atoms with Crippen LogP contribution in [0, 0.1) is 0 Å². The molecule has 0 spiro atoms. The van der Waals surface area contributed by atoms with Crippen molar-refractivity contribution in [3.63, 3.8) is 0 Å². The van der Waals surface area contributed by atoms with Crippen LogP contribution in [0.1, 0.15) is 11.7 Å². The Labute approximate surface area is 154 Å². The predicted molar refractivity (Wildman–Crippen MR) is 101 cm³/mol. The molecule has 0 bridgehead atoms. The Morgan fingerprint density at radius 1 is 0.800 bits per heavy atom. The molecule has 0 N–H and O–H groups in total. The summed E-state index contributed by atoms with van der Waals surface area (Å²) in [5.74, 6) is 0. The number of amides is 1. The molecule has 1 fully saturated rings. The van der Waals surface area contributed by atoms with Gasteiger partial charge >= 0.3 is 6.09 Å². The van der Waals surface area contributed by atoms with E-state index in [1.165, 1.54) is 0 Å². The molecule has 1 heterocycles. The fourth-order valence-corrected chi connectivity index (χ4v) is 3.36. The van der Waals surface area contributed by atoms with Crippen LogP contribution < -0.4 is 9.96 Å². The summed E-state index contributed by atoms with van der Waals surface area (Å²) in [7, 11) is 0. The minimum absolute atomic E-state index is 0.394. The maximum atomic E-state index is 12.7. The summed E-state index contributed by atoms with van der Waals surface area (Å²) in [4.78, 5) is 20.0. The van der Waals surface area contributed by atoms with E-state index in [9.17, 15) is 4.79 Å². The average molecular weight is 395 g/mol. The normalized spacial score (nSPS) is 16.8. The second kappa shape index (κ2) is 6.61. The summed E-state index contributed by atoms with van der Waals surface area (Å²) < 4.78 is 0.949. The van der Waals surface area contributed by atoms with Crippen LogP contribution in [0.15, 0.2) is 89.4 Å². The highest BCUT2D eigenvalue weighted by molar-refractivity contribution is 9.10. The Kier molecular flexibility index (Phi) is 4.15. The maximum Gasteiger partial charge on any atom is 0.440 e. The van der Waals surface area contributed by atoms with Crippen molar-refractivity contribution in [2.45, 2.75) is 6.17 Å². The van der Waals surface area contributed by atoms with E-state index in [2.05, 4.69) is 15.9 Å². The first-order valence-corrected chi connectivity index (χ1v) is 8.69. The highest BCUT2D eigenvalue weighted by atomic mass is 79.9. The van der Waals surface area contributed by atoms with Crippen LogP contribution >= 0.6 is 15.9 Å². The van der Waals surface area contributed by atoms with Crippen LogP contribution in [0.25, 0.3) is 0 Å². The number of hydrogen-bond donors (Lipinski definition) is 0. The third-order valence-corrected chi connectivity index (χ3v) is 4.52. The standard InChI is InChI=1S/C20H15BrN2O2/c21-16-9-7-8-15(14-16)19-22(17-10-3-1-4-11-17)20(24)25-23(19)18-12-5-2-6-13-18/h1-14,19H/t19-/m1/s1. The molecule has 124 valence electrons. The molecule has 1 aliphatic heterocycles. The van der Waals surface area contributed by atoms with Gasteiger partial charge in [0.05, 0.1) is 5.69 Å². The van der Waals surface area contributed by atoms with E-state index in [0.717, 1.165) is 21.4 Å². The molecule has 1 atom stereocenters. The molecule has 0 saturated carbocycles. The number of hydrogen-bond acceptors (Lipinski definition) is 3. The molecule has 1 aliphatic rings. The van der Waals surface area contributed by atoms with E-state index in [4.69, 9.17) is 4.84 Å². The van der Waals surface area contributed by atoms with Crippen molar-refractivity contribution >= 4 is 33.4 Å². The molecule has 4 nitrogen and oxygen atoms in total. The Balaban J connectivity index is 1.84. The lowest BCUT2D eigenvalue weighted by atomic mass is 10.1. The zero-order valence-corrected chi connectivity index (χ0v) is 14.8. The highest BCUT2D eigenvalue weighted by Crippen LogP contribution is 2.39. The van der Waals surface area contributed by atoms with Gasteiger partial charge < -0.3 is 4.84 Å². The average Bonchev–Trinajstić information content (AvgIpc) is 3.00. The van der Waals surface area contributed by atoms with Gasteiger partial charge in [0.15, 0.2) is 6.17 Å². The van der Waals surface area contributed by atoms with Crippen LogP contribution in [0.3, 0.4) is 0 Å². The number of carbonyl (C=O) groups is 1. The molecule has 25 heavy (non-hydrogen) atoms. The van der Waals surface area contributed by atoms with Crippen LogP contribution in [-0.2, 0) is 4.84 Å². The minimum atomic E-state index is -0.403. The van der Waals surface area contributed by atoms with E-state index in [1.54, 1.807) is 9.96 Å². The molecule has 3 aromatic carbocycles. The number of nitrogens with zero attached hydrogens (tertiary/aromatic N) is 2. The van der Waals surface area contributed by atoms with E-state index < -0.39 is 12.3 Å². The maximum absolute atomic E-state index is 12.7. The van der Waals surface area contributed by atoms with Gasteiger partial charge in [-0.2, -0.15) is 5.06 Å². The number of hydroxylamine groups is 1. The van der Waals surface area contributed by atoms with Gasteiger partial charge in [-0.3, -0.25) is 0 Å². The summed E-state index contributed by atoms with van der Waals surface area (Å²) in [5, 5.41) is 1.65. The fraction of sp³-hybridized carbons (Fsp3) is 0.0500. The molecule has 5 heteroatoms. The second-order valence-corrected chi connectivity index (χ2v) is 6.57. The van der Waals surface area contributed by atoms with Gasteiger partial charge in [-0.1, -0.05) is 64.5 Å². The molecule has 1 saturated heterocycles. The first kappa shape index (κ1) is 15.7. The van der Waals surface area contributed by atoms with Gasteiger partial charge in [0.2, 0.25) is 0 Å². The topological polar surface area (TPSA) is 32.8 Å². The van der Waals surface area contributed by atoms with Crippen molar-refractivity contribution in [2.24, 2.45) is 0 Å². The lowest BCUT2D eigenvalue weighted by Crippen LogP contribution is -2.31. The van der Waals surface area contributed by atoms with Gasteiger partial charge in [-0.05, 0) is 42.0 Å². The number of benzene rings is 3. The summed E-state index contributed by atoms with van der Waals surface area (Å²) in [6, 6.07) is 27.1. The highest BCUT2D eigenvalue weighted by Gasteiger charge is 2.42. The summed E-state index contributed by atoms with van der Waals surface area (Å²) in [5.41, 5.74) is 2.56. The van der Waals surface area contributed by atoms with Crippen LogP contribution in [0.4, 0.5) is 16.2 Å². The van der Waals surface area contributed by atoms with Crippen molar-refractivity contribution in [3.05, 3.63) is 95.0 Å². The molecule has 0 radical (unpaired) electrons. The third-order valence-electron chi connectivity index (χ3n) is 4.03. The van der Waals surface area contributed by atoms with Crippen LogP contribution in [0.2, 0.25) is 0 Å². The summed E-state index contributed by atoms with van der Waals surface area (Å²) >= 11 is 3.51. The number of rotatable bonds is 3. The fourth-order valence-electron chi connectivity index (χ4n) is 2.94. The molecule has 0 aromatic heterocycles. The van der Waals surface area contributed by atoms with Crippen molar-refractivity contribution in [2.75, 3.05) is 9.96 Å². The summed E-state index contributed by atoms with van der Waals surface area (Å²) in [6.45, 7) is 0. The predicted octanol–water partition coefficient (Wildman–Crippen LogP) is 5.53. The molecular formula is C20H15BrN2O2. The van der Waals surface area contributed by atoms with Gasteiger partial charge in [-0.25, -0.2) is 9.69 Å². The second-order valence-electron chi connectivity index (χ2n) is 5.65. The van der Waals surface area contributed by atoms with Gasteiger partial charge in [0.1, 0.15) is 0 Å². The molecule has 3 aromatic rings. The summed E-state index contributed by atoms with van der Waals surface area (Å²) in [6.07, 6.45) is -0.796. The number of halogens is 1. The van der Waals surface area contributed by atoms with E-state index >= 15 is 0 Å². The largest absolute Gasteiger partial charge is 0.440 e. The van der Waals surface area contributed by atoms with Crippen molar-refractivity contribution < 1.29 is 9.63 Å². The number of anilines is 2. The van der Waals surface area contributed by atoms with Gasteiger partial charge in [0.25, 0.3) is 0 Å². The SMILES string of the molecule is O=C1ON(c2ccccc2)[C@H](c2cccc(Br)c2)N1c1ccccc1. The zero-order chi connectivity index (χ0) is 17.2. The van der Waals surface area contributed by atoms with E-state index in [-0.39, 0.29) is 0 Å². The lowest BCUT2D eigenvalue weighted by Gasteiger charge is -2.27. The zero-order valence-electron chi connectivity index (χ0n) is 13.2. The Morgan fingerprint density at radius 3 is 2.08 bits per heavy atom. The lowest BCUT2D eigenvalue weighted by molar-refractivity contribution is 0.164.